The van der Waals surface area contributed by atoms with Gasteiger partial charge in [0.1, 0.15) is 4.92 Å². The molecule has 0 unspecified atom stereocenters. The number of rotatable bonds is 1. The van der Waals surface area contributed by atoms with Crippen molar-refractivity contribution in [3.05, 3.63) is 10.1 Å². The second-order valence-electron chi connectivity index (χ2n) is 0.681. The largest absolute Gasteiger partial charge is 0.671 e. The first-order chi connectivity index (χ1) is 3.68. The zero-order valence-electron chi connectivity index (χ0n) is 3.44. The molecule has 0 aliphatic rings. The SMILES string of the molecule is O=C(OSO)[N+](=O)[O-]. The molecule has 0 aromatic heterocycles. The van der Waals surface area contributed by atoms with Crippen LogP contribution < -0.4 is 0 Å². The summed E-state index contributed by atoms with van der Waals surface area (Å²) in [5.41, 5.74) is 0. The van der Waals surface area contributed by atoms with Gasteiger partial charge in [0.2, 0.25) is 12.3 Å². The molecule has 1 N–H and O–H groups in total. The molecule has 46 valence electrons. The minimum Gasteiger partial charge on any atom is -0.304 e. The number of nitro groups is 1. The van der Waals surface area contributed by atoms with Gasteiger partial charge in [-0.15, -0.1) is 0 Å². The highest BCUT2D eigenvalue weighted by atomic mass is 32.2. The fourth-order valence-corrected chi connectivity index (χ4v) is 0.187. The normalized spacial score (nSPS) is 8.12. The van der Waals surface area contributed by atoms with E-state index in [1.807, 2.05) is 0 Å². The van der Waals surface area contributed by atoms with E-state index in [9.17, 15) is 14.9 Å². The van der Waals surface area contributed by atoms with Gasteiger partial charge in [-0.25, -0.2) is 0 Å². The van der Waals surface area contributed by atoms with Crippen LogP contribution in [0.4, 0.5) is 4.79 Å². The van der Waals surface area contributed by atoms with E-state index in [4.69, 9.17) is 4.55 Å². The first-order valence-electron chi connectivity index (χ1n) is 1.35. The maximum atomic E-state index is 9.64. The molecule has 0 saturated heterocycles. The Labute approximate surface area is 48.0 Å². The van der Waals surface area contributed by atoms with Crippen molar-refractivity contribution in [3.8, 4) is 0 Å². The summed E-state index contributed by atoms with van der Waals surface area (Å²) < 4.78 is 11.1. The number of hydrogen-bond donors (Lipinski definition) is 1. The van der Waals surface area contributed by atoms with E-state index in [-0.39, 0.29) is 12.3 Å². The first kappa shape index (κ1) is 7.18. The molecule has 0 heterocycles. The predicted molar refractivity (Wildman–Crippen MR) is 23.7 cm³/mol. The lowest BCUT2D eigenvalue weighted by molar-refractivity contribution is -0.388. The number of carbonyl (C=O) groups excluding carboxylic acids is 1. The van der Waals surface area contributed by atoms with Crippen LogP contribution in [0.3, 0.4) is 0 Å². The number of amides is 1. The third-order valence-electron chi connectivity index (χ3n) is 0.258. The van der Waals surface area contributed by atoms with Crippen LogP contribution in [0.1, 0.15) is 0 Å². The van der Waals surface area contributed by atoms with Gasteiger partial charge in [-0.3, -0.25) is 14.7 Å². The van der Waals surface area contributed by atoms with Crippen molar-refractivity contribution in [2.45, 2.75) is 0 Å². The lowest BCUT2D eigenvalue weighted by Gasteiger charge is -1.83. The Bertz CT molecular complexity index is 111. The van der Waals surface area contributed by atoms with Gasteiger partial charge in [-0.1, -0.05) is 0 Å². The Morgan fingerprint density at radius 2 is 2.38 bits per heavy atom. The third-order valence-corrected chi connectivity index (χ3v) is 0.475. The second kappa shape index (κ2) is 3.22. The molecular weight excluding hydrogens is 138 g/mol. The van der Waals surface area contributed by atoms with E-state index in [0.29, 0.717) is 0 Å². The van der Waals surface area contributed by atoms with Crippen LogP contribution in [0, 0.1) is 10.1 Å². The van der Waals surface area contributed by atoms with E-state index in [1.165, 1.54) is 0 Å². The van der Waals surface area contributed by atoms with E-state index in [2.05, 4.69) is 4.18 Å². The first-order valence-corrected chi connectivity index (χ1v) is 2.04. The maximum absolute atomic E-state index is 9.64. The van der Waals surface area contributed by atoms with Crippen LogP contribution in [0.25, 0.3) is 0 Å². The average Bonchev–Trinajstić information content (AvgIpc) is 1.67. The van der Waals surface area contributed by atoms with Crippen molar-refractivity contribution in [2.75, 3.05) is 0 Å². The summed E-state index contributed by atoms with van der Waals surface area (Å²) >= 11 is -0.353. The van der Waals surface area contributed by atoms with E-state index in [0.717, 1.165) is 0 Å². The topological polar surface area (TPSA) is 89.7 Å². The van der Waals surface area contributed by atoms with Gasteiger partial charge in [0, 0.05) is 0 Å². The molecule has 0 bridgehead atoms. The van der Waals surface area contributed by atoms with Crippen molar-refractivity contribution < 1.29 is 18.5 Å². The lowest BCUT2D eigenvalue weighted by Crippen LogP contribution is -2.08. The molecule has 8 heavy (non-hydrogen) atoms. The summed E-state index contributed by atoms with van der Waals surface area (Å²) in [6, 6.07) is 0. The highest BCUT2D eigenvalue weighted by Gasteiger charge is 2.16. The minimum atomic E-state index is -1.68. The number of nitrogens with zero attached hydrogens (tertiary/aromatic N) is 1. The molecule has 0 aromatic carbocycles. The zero-order valence-corrected chi connectivity index (χ0v) is 4.25. The van der Waals surface area contributed by atoms with Crippen LogP contribution in [0.2, 0.25) is 0 Å². The standard InChI is InChI=1S/CHNO5S/c3-1(2(4)5)7-8-6/h6H. The molecule has 0 saturated carbocycles. The van der Waals surface area contributed by atoms with Crippen LogP contribution in [-0.4, -0.2) is 15.6 Å². The predicted octanol–water partition coefficient (Wildman–Crippen LogP) is 0.521. The number of hydrogen-bond acceptors (Lipinski definition) is 6. The maximum Gasteiger partial charge on any atom is 0.671 e. The Hall–Kier alpha value is -0.820. The van der Waals surface area contributed by atoms with Gasteiger partial charge in [0.15, 0.2) is 0 Å². The molecule has 0 aromatic rings. The van der Waals surface area contributed by atoms with Gasteiger partial charge >= 0.3 is 6.09 Å². The summed E-state index contributed by atoms with van der Waals surface area (Å²) in [5, 5.41) is 9.30. The summed E-state index contributed by atoms with van der Waals surface area (Å²) in [6.45, 7) is 0. The fraction of sp³-hybridized carbons (Fsp3) is 0. The summed E-state index contributed by atoms with van der Waals surface area (Å²) in [6.07, 6.45) is -1.68. The zero-order chi connectivity index (χ0) is 6.57. The highest BCUT2D eigenvalue weighted by molar-refractivity contribution is 7.89. The smallest absolute Gasteiger partial charge is 0.304 e. The quantitative estimate of drug-likeness (QED) is 0.323. The Kier molecular flexibility index (Phi) is 2.89. The van der Waals surface area contributed by atoms with Crippen molar-refractivity contribution in [1.82, 2.24) is 0 Å². The van der Waals surface area contributed by atoms with E-state index < -0.39 is 11.0 Å². The van der Waals surface area contributed by atoms with Crippen LogP contribution in [0.5, 0.6) is 0 Å². The van der Waals surface area contributed by atoms with Crippen molar-refractivity contribution in [1.29, 1.82) is 0 Å². The molecule has 0 atom stereocenters. The van der Waals surface area contributed by atoms with Gasteiger partial charge in [-0.2, -0.15) is 4.79 Å². The number of carbonyl (C=O) groups is 1. The molecule has 6 nitrogen and oxygen atoms in total. The molecule has 1 amide bonds. The summed E-state index contributed by atoms with van der Waals surface area (Å²) in [5.74, 6) is 0. The summed E-state index contributed by atoms with van der Waals surface area (Å²) in [7, 11) is 0. The van der Waals surface area contributed by atoms with Crippen LogP contribution >= 0.6 is 12.3 Å². The minimum absolute atomic E-state index is 0.353. The van der Waals surface area contributed by atoms with Gasteiger partial charge < -0.3 is 4.18 Å². The molecule has 7 heteroatoms. The fourth-order valence-electron chi connectivity index (χ4n) is 0.0623. The average molecular weight is 139 g/mol. The van der Waals surface area contributed by atoms with E-state index in [1.54, 1.807) is 0 Å². The molecule has 0 rings (SSSR count). The van der Waals surface area contributed by atoms with Crippen molar-refractivity contribution in [2.24, 2.45) is 0 Å². The molecular formula is CHNO5S. The second-order valence-corrected chi connectivity index (χ2v) is 0.997. The Balaban J connectivity index is 3.49. The third kappa shape index (κ3) is 2.37. The summed E-state index contributed by atoms with van der Waals surface area (Å²) in [4.78, 5) is 17.6. The molecule has 0 aliphatic heterocycles. The molecule has 0 fully saturated rings. The lowest BCUT2D eigenvalue weighted by atomic mass is 11.3. The molecule has 0 aliphatic carbocycles. The van der Waals surface area contributed by atoms with Gasteiger partial charge in [-0.05, 0) is 0 Å². The van der Waals surface area contributed by atoms with E-state index >= 15 is 0 Å². The van der Waals surface area contributed by atoms with Gasteiger partial charge in [0.25, 0.3) is 0 Å². The van der Waals surface area contributed by atoms with Gasteiger partial charge in [0.05, 0.1) is 0 Å². The van der Waals surface area contributed by atoms with Crippen molar-refractivity contribution in [3.63, 3.8) is 0 Å². The van der Waals surface area contributed by atoms with Crippen LogP contribution in [0.15, 0.2) is 0 Å². The Morgan fingerprint density at radius 1 is 1.88 bits per heavy atom. The van der Waals surface area contributed by atoms with Crippen molar-refractivity contribution >= 4 is 18.4 Å². The van der Waals surface area contributed by atoms with Crippen LogP contribution in [-0.2, 0) is 4.18 Å². The molecule has 0 radical (unpaired) electrons. The molecule has 0 spiro atoms. The Morgan fingerprint density at radius 3 is 2.50 bits per heavy atom. The monoisotopic (exact) mass is 139 g/mol. The highest BCUT2D eigenvalue weighted by Crippen LogP contribution is 1.95.